The second-order valence-electron chi connectivity index (χ2n) is 6.76. The van der Waals surface area contributed by atoms with E-state index in [4.69, 9.17) is 5.26 Å². The largest absolute Gasteiger partial charge is 0.345 e. The maximum absolute atomic E-state index is 12.6. The maximum Gasteiger partial charge on any atom is 0.253 e. The Bertz CT molecular complexity index is 624. The van der Waals surface area contributed by atoms with E-state index in [2.05, 4.69) is 13.0 Å². The molecule has 1 aliphatic rings. The lowest BCUT2D eigenvalue weighted by atomic mass is 9.81. The van der Waals surface area contributed by atoms with Gasteiger partial charge in [-0.1, -0.05) is 31.5 Å². The number of benzene rings is 1. The van der Waals surface area contributed by atoms with Gasteiger partial charge in [-0.2, -0.15) is 5.26 Å². The summed E-state index contributed by atoms with van der Waals surface area (Å²) in [4.78, 5) is 28.6. The molecule has 2 rings (SSSR count). The van der Waals surface area contributed by atoms with Crippen LogP contribution in [0.3, 0.4) is 0 Å². The first kappa shape index (κ1) is 19.0. The quantitative estimate of drug-likeness (QED) is 0.799. The highest BCUT2D eigenvalue weighted by atomic mass is 16.2. The first-order valence-electron chi connectivity index (χ1n) is 9.02. The van der Waals surface area contributed by atoms with Crippen molar-refractivity contribution in [2.75, 3.05) is 26.7 Å². The van der Waals surface area contributed by atoms with Crippen molar-refractivity contribution in [1.82, 2.24) is 9.80 Å². The predicted octanol–water partition coefficient (Wildman–Crippen LogP) is 2.94. The fourth-order valence-electron chi connectivity index (χ4n) is 3.48. The van der Waals surface area contributed by atoms with Gasteiger partial charge in [0.15, 0.2) is 0 Å². The van der Waals surface area contributed by atoms with Gasteiger partial charge in [0.2, 0.25) is 5.91 Å². The molecule has 5 heteroatoms. The Hall–Kier alpha value is -2.35. The second-order valence-corrected chi connectivity index (χ2v) is 6.76. The summed E-state index contributed by atoms with van der Waals surface area (Å²) in [7, 11) is 1.76. The number of nitriles is 1. The van der Waals surface area contributed by atoms with E-state index >= 15 is 0 Å². The molecular weight excluding hydrogens is 314 g/mol. The van der Waals surface area contributed by atoms with Gasteiger partial charge in [0.05, 0.1) is 12.5 Å². The Morgan fingerprint density at radius 3 is 2.64 bits per heavy atom. The standard InChI is InChI=1S/C20H27N3O2/c1-3-16-15-23(20(25)17-8-5-4-6-9-17)13-10-18(16)14-19(24)22(2)12-7-11-21/h4-6,8-9,16,18H,3,7,10,12-15H2,1-2H3. The lowest BCUT2D eigenvalue weighted by Crippen LogP contribution is -2.45. The Morgan fingerprint density at radius 2 is 2.00 bits per heavy atom. The molecular formula is C20H27N3O2. The first-order valence-corrected chi connectivity index (χ1v) is 9.02. The number of carbonyl (C=O) groups excluding carboxylic acids is 2. The summed E-state index contributed by atoms with van der Waals surface area (Å²) in [5.41, 5.74) is 0.725. The summed E-state index contributed by atoms with van der Waals surface area (Å²) >= 11 is 0. The number of hydrogen-bond acceptors (Lipinski definition) is 3. The van der Waals surface area contributed by atoms with Crippen LogP contribution in [0.1, 0.15) is 43.0 Å². The van der Waals surface area contributed by atoms with Gasteiger partial charge in [-0.3, -0.25) is 9.59 Å². The zero-order chi connectivity index (χ0) is 18.2. The van der Waals surface area contributed by atoms with Crippen LogP contribution in [-0.2, 0) is 4.79 Å². The van der Waals surface area contributed by atoms with E-state index in [9.17, 15) is 9.59 Å². The molecule has 1 aliphatic heterocycles. The van der Waals surface area contributed by atoms with Crippen LogP contribution in [0.5, 0.6) is 0 Å². The fraction of sp³-hybridized carbons (Fsp3) is 0.550. The average molecular weight is 341 g/mol. The molecule has 5 nitrogen and oxygen atoms in total. The van der Waals surface area contributed by atoms with Crippen LogP contribution < -0.4 is 0 Å². The van der Waals surface area contributed by atoms with Gasteiger partial charge in [0.25, 0.3) is 5.91 Å². The molecule has 25 heavy (non-hydrogen) atoms. The molecule has 0 bridgehead atoms. The third-order valence-electron chi connectivity index (χ3n) is 5.15. The zero-order valence-corrected chi connectivity index (χ0v) is 15.1. The topological polar surface area (TPSA) is 64.4 Å². The molecule has 134 valence electrons. The van der Waals surface area contributed by atoms with Crippen LogP contribution in [0.2, 0.25) is 0 Å². The Balaban J connectivity index is 1.94. The molecule has 2 amide bonds. The highest BCUT2D eigenvalue weighted by Gasteiger charge is 2.32. The van der Waals surface area contributed by atoms with Crippen molar-refractivity contribution >= 4 is 11.8 Å². The van der Waals surface area contributed by atoms with Crippen molar-refractivity contribution in [3.05, 3.63) is 35.9 Å². The van der Waals surface area contributed by atoms with Gasteiger partial charge in [0, 0.05) is 38.7 Å². The number of carbonyl (C=O) groups is 2. The van der Waals surface area contributed by atoms with Crippen molar-refractivity contribution < 1.29 is 9.59 Å². The van der Waals surface area contributed by atoms with Gasteiger partial charge >= 0.3 is 0 Å². The van der Waals surface area contributed by atoms with E-state index in [1.165, 1.54) is 0 Å². The lowest BCUT2D eigenvalue weighted by molar-refractivity contribution is -0.131. The Kier molecular flexibility index (Phi) is 7.00. The third-order valence-corrected chi connectivity index (χ3v) is 5.15. The van der Waals surface area contributed by atoms with E-state index in [1.807, 2.05) is 35.2 Å². The van der Waals surface area contributed by atoms with Crippen molar-refractivity contribution in [2.45, 2.75) is 32.6 Å². The molecule has 1 heterocycles. The highest BCUT2D eigenvalue weighted by molar-refractivity contribution is 5.94. The molecule has 0 aromatic heterocycles. The van der Waals surface area contributed by atoms with Gasteiger partial charge < -0.3 is 9.80 Å². The molecule has 0 saturated carbocycles. The average Bonchev–Trinajstić information content (AvgIpc) is 2.66. The molecule has 1 aromatic carbocycles. The Labute approximate surface area is 150 Å². The van der Waals surface area contributed by atoms with Gasteiger partial charge in [-0.15, -0.1) is 0 Å². The molecule has 1 fully saturated rings. The number of likely N-dealkylation sites (tertiary alicyclic amines) is 1. The molecule has 2 unspecified atom stereocenters. The van der Waals surface area contributed by atoms with Crippen molar-refractivity contribution in [3.63, 3.8) is 0 Å². The summed E-state index contributed by atoms with van der Waals surface area (Å²) in [5.74, 6) is 0.827. The number of rotatable bonds is 6. The van der Waals surface area contributed by atoms with Crippen LogP contribution in [0.4, 0.5) is 0 Å². The number of amides is 2. The third kappa shape index (κ3) is 5.06. The summed E-state index contributed by atoms with van der Waals surface area (Å²) in [6.45, 7) is 4.02. The molecule has 0 aliphatic carbocycles. The number of hydrogen-bond donors (Lipinski definition) is 0. The summed E-state index contributed by atoms with van der Waals surface area (Å²) in [6, 6.07) is 11.4. The SMILES string of the molecule is CCC1CN(C(=O)c2ccccc2)CCC1CC(=O)N(C)CCC#N. The number of nitrogens with zero attached hydrogens (tertiary/aromatic N) is 3. The van der Waals surface area contributed by atoms with Crippen LogP contribution in [0.25, 0.3) is 0 Å². The summed E-state index contributed by atoms with van der Waals surface area (Å²) in [5, 5.41) is 8.65. The Morgan fingerprint density at radius 1 is 1.28 bits per heavy atom. The van der Waals surface area contributed by atoms with Gasteiger partial charge in [-0.25, -0.2) is 0 Å². The van der Waals surface area contributed by atoms with Gasteiger partial charge in [0.1, 0.15) is 0 Å². The predicted molar refractivity (Wildman–Crippen MR) is 96.7 cm³/mol. The van der Waals surface area contributed by atoms with Crippen molar-refractivity contribution in [2.24, 2.45) is 11.8 Å². The second kappa shape index (κ2) is 9.22. The minimum absolute atomic E-state index is 0.0787. The zero-order valence-electron chi connectivity index (χ0n) is 15.1. The summed E-state index contributed by atoms with van der Waals surface area (Å²) < 4.78 is 0. The maximum atomic E-state index is 12.6. The molecule has 0 N–H and O–H groups in total. The van der Waals surface area contributed by atoms with E-state index in [0.717, 1.165) is 18.4 Å². The fourth-order valence-corrected chi connectivity index (χ4v) is 3.48. The van der Waals surface area contributed by atoms with Crippen LogP contribution in [-0.4, -0.2) is 48.3 Å². The van der Waals surface area contributed by atoms with Crippen molar-refractivity contribution in [3.8, 4) is 6.07 Å². The molecule has 2 atom stereocenters. The smallest absolute Gasteiger partial charge is 0.253 e. The lowest BCUT2D eigenvalue weighted by Gasteiger charge is -2.38. The first-order chi connectivity index (χ1) is 12.1. The molecule has 1 aromatic rings. The minimum atomic E-state index is 0.0787. The van der Waals surface area contributed by atoms with E-state index < -0.39 is 0 Å². The van der Waals surface area contributed by atoms with E-state index in [1.54, 1.807) is 11.9 Å². The van der Waals surface area contributed by atoms with Crippen molar-refractivity contribution in [1.29, 1.82) is 5.26 Å². The summed E-state index contributed by atoms with van der Waals surface area (Å²) in [6.07, 6.45) is 2.69. The minimum Gasteiger partial charge on any atom is -0.345 e. The molecule has 0 spiro atoms. The van der Waals surface area contributed by atoms with Crippen LogP contribution >= 0.6 is 0 Å². The molecule has 1 saturated heterocycles. The molecule has 0 radical (unpaired) electrons. The van der Waals surface area contributed by atoms with Crippen LogP contribution in [0, 0.1) is 23.2 Å². The van der Waals surface area contributed by atoms with Gasteiger partial charge in [-0.05, 0) is 30.4 Å². The number of piperidine rings is 1. The van der Waals surface area contributed by atoms with Crippen LogP contribution in [0.15, 0.2) is 30.3 Å². The van der Waals surface area contributed by atoms with E-state index in [0.29, 0.717) is 44.3 Å². The monoisotopic (exact) mass is 341 g/mol. The normalized spacial score (nSPS) is 20.0. The van der Waals surface area contributed by atoms with E-state index in [-0.39, 0.29) is 11.8 Å². The highest BCUT2D eigenvalue weighted by Crippen LogP contribution is 2.30.